The summed E-state index contributed by atoms with van der Waals surface area (Å²) >= 11 is 3.56. The van der Waals surface area contributed by atoms with Crippen molar-refractivity contribution in [1.29, 1.82) is 0 Å². The van der Waals surface area contributed by atoms with Gasteiger partial charge in [0.15, 0.2) is 5.78 Å². The average Bonchev–Trinajstić information content (AvgIpc) is 3.64. The number of ketones is 1. The van der Waals surface area contributed by atoms with E-state index < -0.39 is 0 Å². The molecule has 0 bridgehead atoms. The lowest BCUT2D eigenvalue weighted by atomic mass is 9.89. The molecule has 3 heteroatoms. The second-order valence-electron chi connectivity index (χ2n) is 8.53. The van der Waals surface area contributed by atoms with Gasteiger partial charge in [-0.05, 0) is 75.2 Å². The lowest BCUT2D eigenvalue weighted by Gasteiger charge is -2.15. The van der Waals surface area contributed by atoms with Gasteiger partial charge in [0.05, 0.1) is 0 Å². The summed E-state index contributed by atoms with van der Waals surface area (Å²) in [6.45, 7) is 0. The zero-order valence-corrected chi connectivity index (χ0v) is 21.1. The third kappa shape index (κ3) is 4.47. The molecule has 1 nitrogen and oxygen atoms in total. The third-order valence-electron chi connectivity index (χ3n) is 6.26. The smallest absolute Gasteiger partial charge is 0.186 e. The van der Waals surface area contributed by atoms with Crippen LogP contribution in [0.15, 0.2) is 127 Å². The van der Waals surface area contributed by atoms with E-state index in [-0.39, 0.29) is 5.78 Å². The Balaban J connectivity index is 1.39. The van der Waals surface area contributed by atoms with Crippen molar-refractivity contribution in [2.75, 3.05) is 0 Å². The van der Waals surface area contributed by atoms with Crippen LogP contribution < -0.4 is 0 Å². The Morgan fingerprint density at radius 2 is 1.39 bits per heavy atom. The van der Waals surface area contributed by atoms with Gasteiger partial charge in [0.1, 0.15) is 0 Å². The van der Waals surface area contributed by atoms with Gasteiger partial charge in [-0.3, -0.25) is 4.79 Å². The number of fused-ring (bicyclic) bond motifs is 1. The predicted molar refractivity (Wildman–Crippen MR) is 155 cm³/mol. The Kier molecular flexibility index (Phi) is 6.17. The molecular formula is C33H22OS2. The summed E-state index contributed by atoms with van der Waals surface area (Å²) < 4.78 is 0. The summed E-state index contributed by atoms with van der Waals surface area (Å²) in [6, 6.07) is 35.6. The number of hydrogen-bond acceptors (Lipinski definition) is 3. The first-order valence-corrected chi connectivity index (χ1v) is 13.5. The Morgan fingerprint density at radius 1 is 0.667 bits per heavy atom. The van der Waals surface area contributed by atoms with E-state index in [0.717, 1.165) is 27.8 Å². The topological polar surface area (TPSA) is 17.1 Å². The molecule has 1 aliphatic rings. The second-order valence-corrected chi connectivity index (χ2v) is 10.6. The van der Waals surface area contributed by atoms with Gasteiger partial charge in [-0.2, -0.15) is 0 Å². The van der Waals surface area contributed by atoms with Gasteiger partial charge in [0.25, 0.3) is 0 Å². The summed E-state index contributed by atoms with van der Waals surface area (Å²) in [7, 11) is 0. The summed E-state index contributed by atoms with van der Waals surface area (Å²) in [5.41, 5.74) is 7.25. The molecule has 0 unspecified atom stereocenters. The molecule has 0 fully saturated rings. The molecule has 0 radical (unpaired) electrons. The second kappa shape index (κ2) is 9.90. The number of thiophene rings is 2. The van der Waals surface area contributed by atoms with Gasteiger partial charge in [-0.1, -0.05) is 91.0 Å². The number of benzene rings is 3. The SMILES string of the molecule is O=C1C=Cc2cc(-c3ccc(-c4cccs4)s3)ccc2/C1=C\C=C(c1ccccc1)c1ccccc1. The molecule has 0 N–H and O–H groups in total. The molecule has 2 aromatic heterocycles. The molecule has 0 amide bonds. The number of hydrogen-bond donors (Lipinski definition) is 0. The fourth-order valence-electron chi connectivity index (χ4n) is 4.46. The van der Waals surface area contributed by atoms with Crippen molar-refractivity contribution in [3.8, 4) is 20.2 Å². The number of carbonyl (C=O) groups is 1. The van der Waals surface area contributed by atoms with Crippen LogP contribution >= 0.6 is 22.7 Å². The minimum atomic E-state index is 0.0306. The molecule has 6 rings (SSSR count). The van der Waals surface area contributed by atoms with Crippen LogP contribution in [0.2, 0.25) is 0 Å². The molecule has 0 saturated carbocycles. The molecule has 0 saturated heterocycles. The largest absolute Gasteiger partial charge is 0.289 e. The molecule has 0 spiro atoms. The zero-order chi connectivity index (χ0) is 24.3. The lowest BCUT2D eigenvalue weighted by molar-refractivity contribution is -0.109. The molecule has 172 valence electrons. The average molecular weight is 499 g/mol. The maximum atomic E-state index is 13.0. The van der Waals surface area contributed by atoms with Crippen LogP contribution in [0.25, 0.3) is 37.4 Å². The number of allylic oxidation sites excluding steroid dienone is 4. The molecule has 36 heavy (non-hydrogen) atoms. The van der Waals surface area contributed by atoms with E-state index in [2.05, 4.69) is 78.2 Å². The van der Waals surface area contributed by atoms with Crippen LogP contribution in [-0.2, 0) is 4.79 Å². The van der Waals surface area contributed by atoms with Gasteiger partial charge in [-0.15, -0.1) is 22.7 Å². The fraction of sp³-hybridized carbons (Fsp3) is 0. The summed E-state index contributed by atoms with van der Waals surface area (Å²) in [6.07, 6.45) is 7.66. The van der Waals surface area contributed by atoms with Gasteiger partial charge >= 0.3 is 0 Å². The molecule has 1 aliphatic carbocycles. The van der Waals surface area contributed by atoms with Crippen LogP contribution in [0.1, 0.15) is 22.3 Å². The normalized spacial score (nSPS) is 13.6. The van der Waals surface area contributed by atoms with E-state index in [9.17, 15) is 4.79 Å². The Labute approximate surface area is 219 Å². The third-order valence-corrected chi connectivity index (χ3v) is 8.46. The molecule has 3 aromatic carbocycles. The number of carbonyl (C=O) groups excluding carboxylic acids is 1. The van der Waals surface area contributed by atoms with Crippen LogP contribution in [0.3, 0.4) is 0 Å². The fourth-order valence-corrected chi connectivity index (χ4v) is 6.30. The first-order chi connectivity index (χ1) is 17.8. The highest BCUT2D eigenvalue weighted by Crippen LogP contribution is 2.38. The Morgan fingerprint density at radius 3 is 2.08 bits per heavy atom. The summed E-state index contributed by atoms with van der Waals surface area (Å²) in [5, 5.41) is 2.11. The summed E-state index contributed by atoms with van der Waals surface area (Å²) in [4.78, 5) is 16.8. The van der Waals surface area contributed by atoms with Crippen LogP contribution in [0.4, 0.5) is 0 Å². The number of rotatable bonds is 5. The summed E-state index contributed by atoms with van der Waals surface area (Å²) in [5.74, 6) is 0.0306. The quantitative estimate of drug-likeness (QED) is 0.221. The van der Waals surface area contributed by atoms with Crippen LogP contribution in [0, 0.1) is 0 Å². The molecule has 5 aromatic rings. The predicted octanol–water partition coefficient (Wildman–Crippen LogP) is 9.25. The molecule has 0 aliphatic heterocycles. The first-order valence-electron chi connectivity index (χ1n) is 11.8. The van der Waals surface area contributed by atoms with Gasteiger partial charge < -0.3 is 0 Å². The van der Waals surface area contributed by atoms with Gasteiger partial charge in [-0.25, -0.2) is 0 Å². The Bertz CT molecular complexity index is 1570. The maximum absolute atomic E-state index is 13.0. The van der Waals surface area contributed by atoms with Crippen LogP contribution in [0.5, 0.6) is 0 Å². The minimum Gasteiger partial charge on any atom is -0.289 e. The van der Waals surface area contributed by atoms with Crippen LogP contribution in [-0.4, -0.2) is 5.78 Å². The minimum absolute atomic E-state index is 0.0306. The van der Waals surface area contributed by atoms with Crippen molar-refractivity contribution in [2.45, 2.75) is 0 Å². The maximum Gasteiger partial charge on any atom is 0.186 e. The van der Waals surface area contributed by atoms with E-state index in [1.807, 2.05) is 48.6 Å². The monoisotopic (exact) mass is 498 g/mol. The van der Waals surface area contributed by atoms with Gasteiger partial charge in [0.2, 0.25) is 0 Å². The van der Waals surface area contributed by atoms with Crippen molar-refractivity contribution < 1.29 is 4.79 Å². The van der Waals surface area contributed by atoms with Crippen molar-refractivity contribution in [2.24, 2.45) is 0 Å². The van der Waals surface area contributed by atoms with Crippen molar-refractivity contribution in [3.63, 3.8) is 0 Å². The van der Waals surface area contributed by atoms with E-state index in [4.69, 9.17) is 0 Å². The zero-order valence-electron chi connectivity index (χ0n) is 19.4. The Hall–Kier alpha value is -4.05. The highest BCUT2D eigenvalue weighted by atomic mass is 32.1. The lowest BCUT2D eigenvalue weighted by Crippen LogP contribution is -2.04. The van der Waals surface area contributed by atoms with Crippen molar-refractivity contribution in [3.05, 3.63) is 149 Å². The molecular weight excluding hydrogens is 476 g/mol. The van der Waals surface area contributed by atoms with E-state index in [1.54, 1.807) is 28.7 Å². The standard InChI is InChI=1S/C33H22OS2/c34-30-18-14-25-22-26(31-19-20-33(36-31)32-12-7-21-35-32)13-15-28(25)29(30)17-16-27(23-8-3-1-4-9-23)24-10-5-2-6-11-24/h1-22H/b29-17+. The highest BCUT2D eigenvalue weighted by Gasteiger charge is 2.18. The van der Waals surface area contributed by atoms with E-state index >= 15 is 0 Å². The van der Waals surface area contributed by atoms with E-state index in [1.165, 1.54) is 20.2 Å². The molecule has 2 heterocycles. The van der Waals surface area contributed by atoms with Crippen molar-refractivity contribution in [1.82, 2.24) is 0 Å². The van der Waals surface area contributed by atoms with Crippen molar-refractivity contribution >= 4 is 45.7 Å². The first kappa shape index (κ1) is 22.4. The molecule has 0 atom stereocenters. The van der Waals surface area contributed by atoms with Gasteiger partial charge in [0, 0.05) is 20.2 Å². The van der Waals surface area contributed by atoms with E-state index in [0.29, 0.717) is 5.57 Å². The highest BCUT2D eigenvalue weighted by molar-refractivity contribution is 7.23.